The van der Waals surface area contributed by atoms with E-state index in [9.17, 15) is 0 Å². The summed E-state index contributed by atoms with van der Waals surface area (Å²) in [4.78, 5) is 11.4. The Labute approximate surface area is 171 Å². The van der Waals surface area contributed by atoms with E-state index in [0.29, 0.717) is 6.54 Å². The van der Waals surface area contributed by atoms with Crippen molar-refractivity contribution in [1.82, 2.24) is 15.2 Å². The van der Waals surface area contributed by atoms with Crippen molar-refractivity contribution in [2.45, 2.75) is 26.5 Å². The summed E-state index contributed by atoms with van der Waals surface area (Å²) in [5, 5.41) is 6.52. The molecule has 0 bridgehead atoms. The average Bonchev–Trinajstić information content (AvgIpc) is 3.00. The van der Waals surface area contributed by atoms with E-state index in [1.165, 1.54) is 0 Å². The second-order valence-corrected chi connectivity index (χ2v) is 6.61. The molecule has 2 rings (SSSR count). The number of hydrogen-bond donors (Lipinski definition) is 1. The highest BCUT2D eigenvalue weighted by Gasteiger charge is 2.12. The minimum Gasteiger partial charge on any atom is -0.375 e. The van der Waals surface area contributed by atoms with Crippen molar-refractivity contribution in [2.75, 3.05) is 27.2 Å². The molecular formula is C18H27IN4OS. The van der Waals surface area contributed by atoms with Crippen molar-refractivity contribution in [3.05, 3.63) is 52.0 Å². The fraction of sp³-hybridized carbons (Fsp3) is 0.444. The van der Waals surface area contributed by atoms with Crippen LogP contribution in [0.1, 0.15) is 29.3 Å². The zero-order valence-corrected chi connectivity index (χ0v) is 18.4. The van der Waals surface area contributed by atoms with Crippen molar-refractivity contribution < 1.29 is 4.74 Å². The number of aryl methyl sites for hydroxylation is 1. The molecule has 138 valence electrons. The third kappa shape index (κ3) is 6.91. The van der Waals surface area contributed by atoms with Gasteiger partial charge in [0.05, 0.1) is 23.8 Å². The number of nitrogens with zero attached hydrogens (tertiary/aromatic N) is 3. The first-order chi connectivity index (χ1) is 11.6. The molecule has 5 nitrogen and oxygen atoms in total. The van der Waals surface area contributed by atoms with Gasteiger partial charge in [-0.1, -0.05) is 30.3 Å². The minimum absolute atomic E-state index is 0. The fourth-order valence-corrected chi connectivity index (χ4v) is 3.03. The maximum absolute atomic E-state index is 5.60. The number of nitrogens with one attached hydrogen (secondary N) is 1. The molecule has 0 saturated heterocycles. The van der Waals surface area contributed by atoms with Crippen molar-refractivity contribution in [1.29, 1.82) is 0 Å². The van der Waals surface area contributed by atoms with Crippen molar-refractivity contribution in [2.24, 2.45) is 4.99 Å². The second kappa shape index (κ2) is 11.4. The minimum atomic E-state index is -0.0465. The first-order valence-corrected chi connectivity index (χ1v) is 9.00. The standard InChI is InChI=1S/C18H26N4OS.HI/c1-5-19-18(22(3)12-16-13-24-14(2)21-16)20-11-17(23-4)15-9-7-6-8-10-15;/h6-10,13,17H,5,11-12H2,1-4H3,(H,19,20);1H. The number of benzene rings is 1. The van der Waals surface area contributed by atoms with Gasteiger partial charge >= 0.3 is 0 Å². The molecule has 1 atom stereocenters. The first-order valence-electron chi connectivity index (χ1n) is 8.12. The Hall–Kier alpha value is -1.19. The molecule has 1 N–H and O–H groups in total. The van der Waals surface area contributed by atoms with Gasteiger partial charge in [-0.2, -0.15) is 0 Å². The molecule has 1 heterocycles. The second-order valence-electron chi connectivity index (χ2n) is 5.54. The van der Waals surface area contributed by atoms with Gasteiger partial charge in [0, 0.05) is 26.1 Å². The summed E-state index contributed by atoms with van der Waals surface area (Å²) < 4.78 is 5.60. The number of thiazole rings is 1. The predicted molar refractivity (Wildman–Crippen MR) is 116 cm³/mol. The van der Waals surface area contributed by atoms with Crippen LogP contribution in [0, 0.1) is 6.92 Å². The summed E-state index contributed by atoms with van der Waals surface area (Å²) in [6.07, 6.45) is -0.0465. The van der Waals surface area contributed by atoms with E-state index in [4.69, 9.17) is 9.73 Å². The first kappa shape index (κ1) is 21.9. The monoisotopic (exact) mass is 474 g/mol. The van der Waals surface area contributed by atoms with Crippen LogP contribution in [0.25, 0.3) is 0 Å². The van der Waals surface area contributed by atoms with Gasteiger partial charge < -0.3 is 15.0 Å². The van der Waals surface area contributed by atoms with Crippen LogP contribution < -0.4 is 5.32 Å². The van der Waals surface area contributed by atoms with Crippen LogP contribution in [0.2, 0.25) is 0 Å². The van der Waals surface area contributed by atoms with Gasteiger partial charge in [-0.05, 0) is 19.4 Å². The lowest BCUT2D eigenvalue weighted by Gasteiger charge is -2.22. The molecule has 0 fully saturated rings. The van der Waals surface area contributed by atoms with Gasteiger partial charge in [0.15, 0.2) is 5.96 Å². The highest BCUT2D eigenvalue weighted by Crippen LogP contribution is 2.16. The van der Waals surface area contributed by atoms with Crippen LogP contribution in [0.4, 0.5) is 0 Å². The predicted octanol–water partition coefficient (Wildman–Crippen LogP) is 3.85. The van der Waals surface area contributed by atoms with E-state index in [1.807, 2.05) is 32.2 Å². The summed E-state index contributed by atoms with van der Waals surface area (Å²) in [6, 6.07) is 10.2. The maximum atomic E-state index is 5.60. The normalized spacial score (nSPS) is 12.4. The topological polar surface area (TPSA) is 49.8 Å². The SMILES string of the molecule is CCNC(=NCC(OC)c1ccccc1)N(C)Cc1csc(C)n1.I. The third-order valence-electron chi connectivity index (χ3n) is 3.62. The fourth-order valence-electron chi connectivity index (χ4n) is 2.42. The maximum Gasteiger partial charge on any atom is 0.194 e. The molecule has 2 aromatic rings. The number of guanidine groups is 1. The van der Waals surface area contributed by atoms with Gasteiger partial charge in [0.1, 0.15) is 6.10 Å². The molecule has 1 aromatic carbocycles. The summed E-state index contributed by atoms with van der Waals surface area (Å²) in [5.41, 5.74) is 2.20. The lowest BCUT2D eigenvalue weighted by atomic mass is 10.1. The number of rotatable bonds is 7. The Kier molecular flexibility index (Phi) is 9.99. The molecule has 0 amide bonds. The van der Waals surface area contributed by atoms with Gasteiger partial charge in [-0.3, -0.25) is 4.99 Å². The van der Waals surface area contributed by atoms with Crippen molar-refractivity contribution in [3.63, 3.8) is 0 Å². The molecule has 0 spiro atoms. The van der Waals surface area contributed by atoms with E-state index in [0.717, 1.165) is 35.3 Å². The molecule has 0 aliphatic carbocycles. The number of methoxy groups -OCH3 is 1. The van der Waals surface area contributed by atoms with E-state index in [1.54, 1.807) is 18.4 Å². The molecule has 25 heavy (non-hydrogen) atoms. The number of aliphatic imine (C=N–C) groups is 1. The molecular weight excluding hydrogens is 447 g/mol. The zero-order valence-electron chi connectivity index (χ0n) is 15.2. The van der Waals surface area contributed by atoms with E-state index >= 15 is 0 Å². The van der Waals surface area contributed by atoms with Gasteiger partial charge in [-0.15, -0.1) is 35.3 Å². The Bertz CT molecular complexity index is 648. The van der Waals surface area contributed by atoms with Crippen LogP contribution in [0.3, 0.4) is 0 Å². The third-order valence-corrected chi connectivity index (χ3v) is 4.45. The van der Waals surface area contributed by atoms with Crippen molar-refractivity contribution >= 4 is 41.3 Å². The number of halogens is 1. The van der Waals surface area contributed by atoms with Crippen LogP contribution in [0.15, 0.2) is 40.7 Å². The lowest BCUT2D eigenvalue weighted by molar-refractivity contribution is 0.110. The molecule has 0 radical (unpaired) electrons. The molecule has 1 aromatic heterocycles. The van der Waals surface area contributed by atoms with Gasteiger partial charge in [0.25, 0.3) is 0 Å². The Balaban J connectivity index is 0.00000312. The summed E-state index contributed by atoms with van der Waals surface area (Å²) in [7, 11) is 3.75. The number of aromatic nitrogens is 1. The van der Waals surface area contributed by atoms with Crippen LogP contribution >= 0.6 is 35.3 Å². The van der Waals surface area contributed by atoms with E-state index < -0.39 is 0 Å². The smallest absolute Gasteiger partial charge is 0.194 e. The average molecular weight is 474 g/mol. The van der Waals surface area contributed by atoms with E-state index in [-0.39, 0.29) is 30.1 Å². The summed E-state index contributed by atoms with van der Waals surface area (Å²) >= 11 is 1.67. The van der Waals surface area contributed by atoms with Gasteiger partial charge in [-0.25, -0.2) is 4.98 Å². The molecule has 0 saturated carbocycles. The van der Waals surface area contributed by atoms with Crippen molar-refractivity contribution in [3.8, 4) is 0 Å². The van der Waals surface area contributed by atoms with Crippen LogP contribution in [-0.2, 0) is 11.3 Å². The highest BCUT2D eigenvalue weighted by atomic mass is 127. The highest BCUT2D eigenvalue weighted by molar-refractivity contribution is 14.0. The Morgan fingerprint density at radius 1 is 1.36 bits per heavy atom. The molecule has 7 heteroatoms. The molecule has 0 aliphatic heterocycles. The van der Waals surface area contributed by atoms with Crippen LogP contribution in [-0.4, -0.2) is 43.1 Å². The lowest BCUT2D eigenvalue weighted by Crippen LogP contribution is -2.38. The largest absolute Gasteiger partial charge is 0.375 e. The van der Waals surface area contributed by atoms with E-state index in [2.05, 4.69) is 39.6 Å². The summed E-state index contributed by atoms with van der Waals surface area (Å²) in [5.74, 6) is 0.862. The van der Waals surface area contributed by atoms with Gasteiger partial charge in [0.2, 0.25) is 0 Å². The molecule has 0 aliphatic rings. The zero-order chi connectivity index (χ0) is 17.4. The quantitative estimate of drug-likeness (QED) is 0.376. The Morgan fingerprint density at radius 2 is 2.08 bits per heavy atom. The number of ether oxygens (including phenoxy) is 1. The summed E-state index contributed by atoms with van der Waals surface area (Å²) in [6.45, 7) is 6.22. The van der Waals surface area contributed by atoms with Crippen LogP contribution in [0.5, 0.6) is 0 Å². The Morgan fingerprint density at radius 3 is 2.64 bits per heavy atom. The molecule has 1 unspecified atom stereocenters. The number of hydrogen-bond acceptors (Lipinski definition) is 4.